The minimum atomic E-state index is -2.44. The number of ether oxygens (including phenoxy) is 2. The molecule has 0 radical (unpaired) electrons. The Hall–Kier alpha value is -3.99. The number of aliphatic hydroxyl groups is 1. The molecule has 46 heavy (non-hydrogen) atoms. The maximum atomic E-state index is 14.1. The van der Waals surface area contributed by atoms with E-state index in [1.807, 2.05) is 60.7 Å². The zero-order chi connectivity index (χ0) is 32.6. The van der Waals surface area contributed by atoms with Crippen LogP contribution in [0.4, 0.5) is 11.4 Å². The number of hydrogen-bond acceptors (Lipinski definition) is 6. The third-order valence-electron chi connectivity index (χ3n) is 10.3. The van der Waals surface area contributed by atoms with Gasteiger partial charge in [0, 0.05) is 48.9 Å². The molecule has 0 unspecified atom stereocenters. The predicted molar refractivity (Wildman–Crippen MR) is 180 cm³/mol. The van der Waals surface area contributed by atoms with E-state index in [2.05, 4.69) is 37.5 Å². The summed E-state index contributed by atoms with van der Waals surface area (Å²) < 4.78 is 12.4. The molecule has 3 aliphatic heterocycles. The van der Waals surface area contributed by atoms with E-state index >= 15 is 0 Å². The normalized spacial score (nSPS) is 23.9. The van der Waals surface area contributed by atoms with E-state index in [1.54, 1.807) is 16.9 Å². The van der Waals surface area contributed by atoms with Gasteiger partial charge >= 0.3 is 0 Å². The maximum Gasteiger partial charge on any atom is 0.261 e. The molecule has 3 aliphatic rings. The number of nitrogens with zero attached hydrogens (tertiary/aromatic N) is 2. The van der Waals surface area contributed by atoms with Crippen LogP contribution in [-0.4, -0.2) is 68.7 Å². The number of nitrogens with one attached hydrogen (secondary N) is 1. The van der Waals surface area contributed by atoms with E-state index in [0.29, 0.717) is 25.2 Å². The summed E-state index contributed by atoms with van der Waals surface area (Å²) in [5.41, 5.74) is 1.69. The van der Waals surface area contributed by atoms with Gasteiger partial charge in [-0.25, -0.2) is 0 Å². The van der Waals surface area contributed by atoms with Crippen LogP contribution in [0.5, 0.6) is 5.75 Å². The van der Waals surface area contributed by atoms with Crippen LogP contribution in [0.3, 0.4) is 0 Å². The summed E-state index contributed by atoms with van der Waals surface area (Å²) in [6, 6.07) is 23.5. The van der Waals surface area contributed by atoms with Crippen molar-refractivity contribution < 1.29 is 29.0 Å². The molecule has 0 saturated carbocycles. The second kappa shape index (κ2) is 12.7. The van der Waals surface area contributed by atoms with Gasteiger partial charge in [0.2, 0.25) is 11.8 Å². The fraction of sp³-hybridized carbons (Fsp3) is 0.417. The molecule has 242 valence electrons. The van der Waals surface area contributed by atoms with Crippen molar-refractivity contribution in [3.63, 3.8) is 0 Å². The standard InChI is InChI=1S/C36H43N3O6Si/c1-24-34(46(3,4)28-15-13-27(44-2)14-16-28)31(22-33(42)38(19-20-40)23-25-9-6-5-7-10-25)45-36(24)29-21-26(39-18-8-11-32(39)41)12-17-30(29)37-35(36)43/h5-7,9-10,12-17,21,24,31,34,40H,8,11,18-20,22-23H2,1-4H3,(H,37,43)/t24-,31+,34-,36+/m1/s1. The van der Waals surface area contributed by atoms with Crippen molar-refractivity contribution in [1.29, 1.82) is 0 Å². The molecule has 2 fully saturated rings. The number of hydrogen-bond donors (Lipinski definition) is 2. The number of benzene rings is 3. The second-order valence-electron chi connectivity index (χ2n) is 13.2. The smallest absolute Gasteiger partial charge is 0.261 e. The van der Waals surface area contributed by atoms with Crippen LogP contribution in [0.15, 0.2) is 72.8 Å². The summed E-state index contributed by atoms with van der Waals surface area (Å²) in [6.45, 7) is 7.67. The van der Waals surface area contributed by atoms with Crippen LogP contribution in [0.2, 0.25) is 18.6 Å². The zero-order valence-corrected chi connectivity index (χ0v) is 28.0. The van der Waals surface area contributed by atoms with E-state index in [9.17, 15) is 19.5 Å². The number of fused-ring (bicyclic) bond motifs is 2. The molecule has 1 spiro atoms. The van der Waals surface area contributed by atoms with Crippen LogP contribution >= 0.6 is 0 Å². The predicted octanol–water partition coefficient (Wildman–Crippen LogP) is 4.40. The molecule has 3 heterocycles. The Balaban J connectivity index is 1.40. The Morgan fingerprint density at radius 1 is 1.11 bits per heavy atom. The van der Waals surface area contributed by atoms with Gasteiger partial charge < -0.3 is 29.7 Å². The van der Waals surface area contributed by atoms with E-state index in [0.717, 1.165) is 29.0 Å². The lowest BCUT2D eigenvalue weighted by Gasteiger charge is -2.37. The van der Waals surface area contributed by atoms with E-state index < -0.39 is 19.8 Å². The van der Waals surface area contributed by atoms with Crippen LogP contribution < -0.4 is 20.1 Å². The lowest BCUT2D eigenvalue weighted by molar-refractivity contribution is -0.148. The average Bonchev–Trinajstić information content (AvgIpc) is 3.70. The third-order valence-corrected chi connectivity index (χ3v) is 14.6. The summed E-state index contributed by atoms with van der Waals surface area (Å²) in [6.07, 6.45) is 0.820. The maximum absolute atomic E-state index is 14.1. The molecule has 0 aromatic heterocycles. The Morgan fingerprint density at radius 3 is 2.50 bits per heavy atom. The van der Waals surface area contributed by atoms with Crippen molar-refractivity contribution in [2.45, 2.75) is 63.1 Å². The van der Waals surface area contributed by atoms with Gasteiger partial charge in [-0.05, 0) is 47.9 Å². The third kappa shape index (κ3) is 5.52. The number of rotatable bonds is 10. The van der Waals surface area contributed by atoms with Crippen molar-refractivity contribution >= 4 is 42.4 Å². The molecule has 3 aromatic rings. The molecule has 9 nitrogen and oxygen atoms in total. The number of carbonyl (C=O) groups is 3. The van der Waals surface area contributed by atoms with Crippen LogP contribution in [0.1, 0.15) is 37.3 Å². The Labute approximate surface area is 271 Å². The lowest BCUT2D eigenvalue weighted by Crippen LogP contribution is -2.52. The number of aliphatic hydroxyl groups excluding tert-OH is 1. The van der Waals surface area contributed by atoms with Crippen molar-refractivity contribution in [2.75, 3.05) is 37.0 Å². The molecule has 3 aromatic carbocycles. The zero-order valence-electron chi connectivity index (χ0n) is 27.0. The first-order valence-electron chi connectivity index (χ1n) is 16.1. The highest BCUT2D eigenvalue weighted by Crippen LogP contribution is 2.59. The molecular weight excluding hydrogens is 598 g/mol. The highest BCUT2D eigenvalue weighted by Gasteiger charge is 2.65. The monoisotopic (exact) mass is 641 g/mol. The summed E-state index contributed by atoms with van der Waals surface area (Å²) in [4.78, 5) is 44.3. The number of carbonyl (C=O) groups excluding carboxylic acids is 3. The van der Waals surface area contributed by atoms with Gasteiger partial charge in [0.1, 0.15) is 5.75 Å². The van der Waals surface area contributed by atoms with E-state index in [1.165, 1.54) is 5.19 Å². The second-order valence-corrected chi connectivity index (χ2v) is 17.9. The molecule has 0 bridgehead atoms. The summed E-state index contributed by atoms with van der Waals surface area (Å²) in [7, 11) is -0.800. The summed E-state index contributed by atoms with van der Waals surface area (Å²) >= 11 is 0. The quantitative estimate of drug-likeness (QED) is 0.318. The molecule has 2 saturated heterocycles. The molecule has 0 aliphatic carbocycles. The molecule has 6 rings (SSSR count). The van der Waals surface area contributed by atoms with Gasteiger partial charge in [-0.3, -0.25) is 14.4 Å². The van der Waals surface area contributed by atoms with Crippen LogP contribution in [0.25, 0.3) is 0 Å². The molecule has 2 N–H and O–H groups in total. The topological polar surface area (TPSA) is 108 Å². The first-order chi connectivity index (χ1) is 22.1. The van der Waals surface area contributed by atoms with Gasteiger partial charge in [-0.1, -0.05) is 67.7 Å². The van der Waals surface area contributed by atoms with Gasteiger partial charge in [0.25, 0.3) is 5.91 Å². The number of methoxy groups -OCH3 is 1. The first-order valence-corrected chi connectivity index (χ1v) is 19.2. The lowest BCUT2D eigenvalue weighted by atomic mass is 9.82. The molecule has 10 heteroatoms. The number of amides is 3. The van der Waals surface area contributed by atoms with Gasteiger partial charge in [-0.15, -0.1) is 0 Å². The highest BCUT2D eigenvalue weighted by atomic mass is 28.3. The molecule has 3 amide bonds. The molecule has 4 atom stereocenters. The van der Waals surface area contributed by atoms with Crippen molar-refractivity contribution in [3.8, 4) is 5.75 Å². The largest absolute Gasteiger partial charge is 0.497 e. The summed E-state index contributed by atoms with van der Waals surface area (Å²) in [5, 5.41) is 14.1. The minimum absolute atomic E-state index is 0.0725. The minimum Gasteiger partial charge on any atom is -0.497 e. The van der Waals surface area contributed by atoms with Gasteiger partial charge in [0.05, 0.1) is 34.3 Å². The van der Waals surface area contributed by atoms with Crippen molar-refractivity contribution in [2.24, 2.45) is 5.92 Å². The van der Waals surface area contributed by atoms with Gasteiger partial charge in [-0.2, -0.15) is 0 Å². The molecular formula is C36H43N3O6Si. The van der Waals surface area contributed by atoms with E-state index in [-0.39, 0.29) is 48.8 Å². The van der Waals surface area contributed by atoms with Crippen molar-refractivity contribution in [3.05, 3.63) is 83.9 Å². The Morgan fingerprint density at radius 2 is 1.85 bits per heavy atom. The fourth-order valence-corrected chi connectivity index (χ4v) is 11.9. The van der Waals surface area contributed by atoms with E-state index in [4.69, 9.17) is 9.47 Å². The SMILES string of the molecule is COc1ccc([Si](C)(C)[C@H]2[C@H](CC(=O)N(CCO)Cc3ccccc3)O[C@@]3(C(=O)Nc4ccc(N5CCCC5=O)cc43)[C@@H]2C)cc1. The summed E-state index contributed by atoms with van der Waals surface area (Å²) in [5.74, 6) is 0.187. The van der Waals surface area contributed by atoms with Crippen LogP contribution in [-0.2, 0) is 31.3 Å². The van der Waals surface area contributed by atoms with Crippen molar-refractivity contribution in [1.82, 2.24) is 4.90 Å². The first kappa shape index (κ1) is 32.0. The average molecular weight is 642 g/mol. The van der Waals surface area contributed by atoms with Gasteiger partial charge in [0.15, 0.2) is 5.60 Å². The van der Waals surface area contributed by atoms with Crippen LogP contribution in [0, 0.1) is 5.92 Å². The number of anilines is 2. The Bertz CT molecular complexity index is 1610. The fourth-order valence-electron chi connectivity index (χ4n) is 7.93. The Kier molecular flexibility index (Phi) is 8.80. The highest BCUT2D eigenvalue weighted by molar-refractivity contribution is 6.91.